The van der Waals surface area contributed by atoms with Crippen molar-refractivity contribution < 1.29 is 4.74 Å². The first-order chi connectivity index (χ1) is 14.1. The summed E-state index contributed by atoms with van der Waals surface area (Å²) in [4.78, 5) is 11.6. The molecule has 148 valence electrons. The highest BCUT2D eigenvalue weighted by Crippen LogP contribution is 2.33. The Kier molecular flexibility index (Phi) is 4.28. The monoisotopic (exact) mass is 389 g/mol. The number of pyridine rings is 1. The summed E-state index contributed by atoms with van der Waals surface area (Å²) in [6.07, 6.45) is 3.64. The average Bonchev–Trinajstić information content (AvgIpc) is 3.37. The molecule has 1 atom stereocenters. The van der Waals surface area contributed by atoms with Crippen molar-refractivity contribution in [1.29, 1.82) is 0 Å². The molecule has 5 rings (SSSR count). The average molecular weight is 389 g/mol. The van der Waals surface area contributed by atoms with Gasteiger partial charge in [0.15, 0.2) is 11.6 Å². The van der Waals surface area contributed by atoms with Crippen molar-refractivity contribution in [2.24, 2.45) is 0 Å². The third-order valence-electron chi connectivity index (χ3n) is 5.39. The number of nitrogens with one attached hydrogen (secondary N) is 1. The van der Waals surface area contributed by atoms with Gasteiger partial charge in [-0.25, -0.2) is 9.50 Å². The van der Waals surface area contributed by atoms with Crippen LogP contribution in [-0.2, 0) is 4.74 Å². The van der Waals surface area contributed by atoms with E-state index in [0.29, 0.717) is 13.2 Å². The van der Waals surface area contributed by atoms with E-state index in [2.05, 4.69) is 39.1 Å². The van der Waals surface area contributed by atoms with Crippen LogP contribution in [0.5, 0.6) is 0 Å². The smallest absolute Gasteiger partial charge is 0.179 e. The van der Waals surface area contributed by atoms with E-state index in [9.17, 15) is 0 Å². The molecule has 0 bridgehead atoms. The fraction of sp³-hybridized carbons (Fsp3) is 0.333. The van der Waals surface area contributed by atoms with Gasteiger partial charge in [0, 0.05) is 35.8 Å². The van der Waals surface area contributed by atoms with Crippen LogP contribution in [0.25, 0.3) is 28.2 Å². The third kappa shape index (κ3) is 3.05. The lowest BCUT2D eigenvalue weighted by molar-refractivity contribution is 0.0984. The zero-order valence-corrected chi connectivity index (χ0v) is 16.8. The van der Waals surface area contributed by atoms with Crippen LogP contribution in [0.3, 0.4) is 0 Å². The molecule has 1 aliphatic rings. The molecule has 1 N–H and O–H groups in total. The van der Waals surface area contributed by atoms with Gasteiger partial charge >= 0.3 is 0 Å². The summed E-state index contributed by atoms with van der Waals surface area (Å²) in [7, 11) is 0. The highest BCUT2D eigenvalue weighted by molar-refractivity contribution is 5.85. The lowest BCUT2D eigenvalue weighted by Gasteiger charge is -2.34. The molecule has 0 radical (unpaired) electrons. The molecule has 1 fully saturated rings. The van der Waals surface area contributed by atoms with Gasteiger partial charge in [-0.15, -0.1) is 5.10 Å². The van der Waals surface area contributed by atoms with E-state index in [-0.39, 0.29) is 6.04 Å². The van der Waals surface area contributed by atoms with Crippen molar-refractivity contribution in [2.75, 3.05) is 24.7 Å². The normalized spacial score (nSPS) is 17.2. The molecule has 5 heterocycles. The van der Waals surface area contributed by atoms with Gasteiger partial charge in [-0.2, -0.15) is 5.10 Å². The highest BCUT2D eigenvalue weighted by atomic mass is 16.5. The molecule has 0 saturated carbocycles. The van der Waals surface area contributed by atoms with Crippen molar-refractivity contribution >= 4 is 11.3 Å². The molecule has 29 heavy (non-hydrogen) atoms. The first kappa shape index (κ1) is 17.8. The molecule has 0 spiro atoms. The summed E-state index contributed by atoms with van der Waals surface area (Å²) >= 11 is 0. The second-order valence-electron chi connectivity index (χ2n) is 7.47. The van der Waals surface area contributed by atoms with E-state index in [0.717, 1.165) is 51.9 Å². The van der Waals surface area contributed by atoms with Crippen LogP contribution in [0.1, 0.15) is 18.3 Å². The maximum atomic E-state index is 5.62. The molecule has 4 aromatic rings. The van der Waals surface area contributed by atoms with Gasteiger partial charge < -0.3 is 9.64 Å². The van der Waals surface area contributed by atoms with Gasteiger partial charge in [-0.3, -0.25) is 10.1 Å². The topological polar surface area (TPSA) is 84.2 Å². The second kappa shape index (κ2) is 6.97. The molecular formula is C21H23N7O. The molecule has 0 aliphatic carbocycles. The number of morpholine rings is 1. The Morgan fingerprint density at radius 3 is 2.83 bits per heavy atom. The molecule has 4 aromatic heterocycles. The quantitative estimate of drug-likeness (QED) is 0.580. The van der Waals surface area contributed by atoms with Crippen LogP contribution in [0.4, 0.5) is 5.82 Å². The van der Waals surface area contributed by atoms with Gasteiger partial charge in [0.05, 0.1) is 30.5 Å². The van der Waals surface area contributed by atoms with E-state index >= 15 is 0 Å². The number of aromatic amines is 1. The molecule has 1 unspecified atom stereocenters. The molecular weight excluding hydrogens is 366 g/mol. The van der Waals surface area contributed by atoms with Crippen molar-refractivity contribution in [1.82, 2.24) is 29.8 Å². The summed E-state index contributed by atoms with van der Waals surface area (Å²) in [6, 6.07) is 8.44. The van der Waals surface area contributed by atoms with Gasteiger partial charge in [0.2, 0.25) is 0 Å². The zero-order chi connectivity index (χ0) is 20.0. The van der Waals surface area contributed by atoms with Crippen molar-refractivity contribution in [3.05, 3.63) is 48.0 Å². The number of nitrogens with zero attached hydrogens (tertiary/aromatic N) is 6. The number of aromatic nitrogens is 6. The Labute approximate surface area is 168 Å². The summed E-state index contributed by atoms with van der Waals surface area (Å²) in [6.45, 7) is 8.36. The number of rotatable bonds is 3. The van der Waals surface area contributed by atoms with E-state index < -0.39 is 0 Å². The molecule has 8 heteroatoms. The van der Waals surface area contributed by atoms with Crippen LogP contribution >= 0.6 is 0 Å². The van der Waals surface area contributed by atoms with Crippen molar-refractivity contribution in [3.8, 4) is 22.6 Å². The van der Waals surface area contributed by atoms with Crippen molar-refractivity contribution in [3.63, 3.8) is 0 Å². The highest BCUT2D eigenvalue weighted by Gasteiger charge is 2.24. The van der Waals surface area contributed by atoms with Crippen LogP contribution in [0, 0.1) is 13.8 Å². The maximum absolute atomic E-state index is 5.62. The fourth-order valence-electron chi connectivity index (χ4n) is 3.86. The second-order valence-corrected chi connectivity index (χ2v) is 7.47. The lowest BCUT2D eigenvalue weighted by atomic mass is 10.1. The number of hydrogen-bond donors (Lipinski definition) is 1. The first-order valence-corrected chi connectivity index (χ1v) is 9.79. The van der Waals surface area contributed by atoms with Crippen LogP contribution < -0.4 is 4.90 Å². The van der Waals surface area contributed by atoms with E-state index in [1.54, 1.807) is 6.20 Å². The SMILES string of the molecule is Cc1ccc(-c2cc(N3CCOCC3C)nn3c(-c4ccn[nH]4)nc(C)c23)cn1. The van der Waals surface area contributed by atoms with E-state index in [4.69, 9.17) is 14.8 Å². The molecule has 0 amide bonds. The van der Waals surface area contributed by atoms with Gasteiger partial charge in [0.1, 0.15) is 5.69 Å². The molecule has 1 saturated heterocycles. The maximum Gasteiger partial charge on any atom is 0.179 e. The van der Waals surface area contributed by atoms with Crippen LogP contribution in [-0.4, -0.2) is 55.6 Å². The van der Waals surface area contributed by atoms with Crippen LogP contribution in [0.15, 0.2) is 36.7 Å². The van der Waals surface area contributed by atoms with E-state index in [1.807, 2.05) is 36.7 Å². The van der Waals surface area contributed by atoms with E-state index in [1.165, 1.54) is 0 Å². The largest absolute Gasteiger partial charge is 0.377 e. The lowest BCUT2D eigenvalue weighted by Crippen LogP contribution is -2.44. The minimum Gasteiger partial charge on any atom is -0.377 e. The predicted octanol–water partition coefficient (Wildman–Crippen LogP) is 3.02. The summed E-state index contributed by atoms with van der Waals surface area (Å²) < 4.78 is 7.55. The Hall–Kier alpha value is -3.26. The molecule has 0 aromatic carbocycles. The Bertz CT molecular complexity index is 1150. The Balaban J connectivity index is 1.78. The zero-order valence-electron chi connectivity index (χ0n) is 16.8. The van der Waals surface area contributed by atoms with Crippen molar-refractivity contribution in [2.45, 2.75) is 26.8 Å². The summed E-state index contributed by atoms with van der Waals surface area (Å²) in [5.41, 5.74) is 5.83. The van der Waals surface area contributed by atoms with Gasteiger partial charge in [-0.1, -0.05) is 6.07 Å². The summed E-state index contributed by atoms with van der Waals surface area (Å²) in [5, 5.41) is 12.1. The Morgan fingerprint density at radius 2 is 2.10 bits per heavy atom. The number of anilines is 1. The first-order valence-electron chi connectivity index (χ1n) is 9.79. The van der Waals surface area contributed by atoms with Crippen LogP contribution in [0.2, 0.25) is 0 Å². The summed E-state index contributed by atoms with van der Waals surface area (Å²) in [5.74, 6) is 1.65. The standard InChI is InChI=1S/C21H23N7O/c1-13-4-5-16(11-22-13)17-10-19(27-8-9-29-12-14(27)2)26-28-20(17)15(3)24-21(28)18-6-7-23-25-18/h4-7,10-11,14H,8-9,12H2,1-3H3,(H,23,25). The number of aryl methyl sites for hydroxylation is 2. The number of H-pyrrole nitrogens is 1. The molecule has 8 nitrogen and oxygen atoms in total. The van der Waals surface area contributed by atoms with Gasteiger partial charge in [-0.05, 0) is 39.0 Å². The number of hydrogen-bond acceptors (Lipinski definition) is 6. The number of imidazole rings is 1. The molecule has 1 aliphatic heterocycles. The van der Waals surface area contributed by atoms with Gasteiger partial charge in [0.25, 0.3) is 0 Å². The number of fused-ring (bicyclic) bond motifs is 1. The predicted molar refractivity (Wildman–Crippen MR) is 111 cm³/mol. The minimum atomic E-state index is 0.248. The minimum absolute atomic E-state index is 0.248. The third-order valence-corrected chi connectivity index (χ3v) is 5.39. The fourth-order valence-corrected chi connectivity index (χ4v) is 3.86. The number of ether oxygens (including phenoxy) is 1. The Morgan fingerprint density at radius 1 is 1.21 bits per heavy atom.